The number of halogens is 1. The predicted octanol–water partition coefficient (Wildman–Crippen LogP) is 3.07. The Kier molecular flexibility index (Phi) is 9.54. The molecule has 0 aromatic rings. The maximum atomic E-state index is 14.3. The maximum Gasteiger partial charge on any atom is 0.247 e. The number of hydrogen-bond acceptors (Lipinski definition) is 5. The van der Waals surface area contributed by atoms with Gasteiger partial charge in [-0.15, -0.1) is 24.9 Å². The second kappa shape index (κ2) is 11.8. The van der Waals surface area contributed by atoms with E-state index in [1.165, 1.54) is 0 Å². The minimum atomic E-state index is -0.646. The van der Waals surface area contributed by atoms with E-state index in [0.717, 1.165) is 12.8 Å². The molecule has 1 N–H and O–H groups in total. The Morgan fingerprint density at radius 1 is 1.29 bits per heavy atom. The molecule has 0 aromatic heterocycles. The van der Waals surface area contributed by atoms with Crippen molar-refractivity contribution in [3.05, 3.63) is 25.3 Å². The lowest BCUT2D eigenvalue weighted by molar-refractivity contribution is -0.144. The van der Waals surface area contributed by atoms with Crippen LogP contribution in [0.15, 0.2) is 25.3 Å². The Hall–Kier alpha value is -1.32. The molecular formula is C26H40BrN3O4S. The van der Waals surface area contributed by atoms with E-state index in [1.54, 1.807) is 40.8 Å². The van der Waals surface area contributed by atoms with Gasteiger partial charge in [0.15, 0.2) is 0 Å². The van der Waals surface area contributed by atoms with Gasteiger partial charge in [-0.2, -0.15) is 0 Å². The minimum Gasteiger partial charge on any atom is -0.396 e. The van der Waals surface area contributed by atoms with Gasteiger partial charge in [-0.25, -0.2) is 0 Å². The van der Waals surface area contributed by atoms with Gasteiger partial charge in [-0.05, 0) is 32.6 Å². The van der Waals surface area contributed by atoms with Crippen LogP contribution in [0.3, 0.4) is 0 Å². The van der Waals surface area contributed by atoms with Crippen molar-refractivity contribution < 1.29 is 19.5 Å². The molecule has 3 saturated heterocycles. The Morgan fingerprint density at radius 3 is 2.57 bits per heavy atom. The predicted molar refractivity (Wildman–Crippen MR) is 144 cm³/mol. The number of likely N-dealkylation sites (tertiary alicyclic amines) is 1. The first-order chi connectivity index (χ1) is 16.7. The van der Waals surface area contributed by atoms with Crippen molar-refractivity contribution in [1.82, 2.24) is 14.7 Å². The number of likely N-dealkylation sites (N-methyl/N-ethyl adjacent to an activating group) is 1. The number of aliphatic hydroxyl groups excluding tert-OH is 1. The molecule has 9 heteroatoms. The lowest BCUT2D eigenvalue weighted by atomic mass is 9.70. The number of fused-ring (bicyclic) bond motifs is 1. The van der Waals surface area contributed by atoms with Gasteiger partial charge in [0.2, 0.25) is 17.7 Å². The smallest absolute Gasteiger partial charge is 0.247 e. The van der Waals surface area contributed by atoms with Crippen LogP contribution in [0.5, 0.6) is 0 Å². The normalized spacial score (nSPS) is 31.9. The van der Waals surface area contributed by atoms with Gasteiger partial charge in [-0.1, -0.05) is 41.4 Å². The molecule has 2 bridgehead atoms. The number of rotatable bonds is 13. The van der Waals surface area contributed by atoms with Gasteiger partial charge in [0.1, 0.15) is 6.04 Å². The molecule has 0 aliphatic carbocycles. The summed E-state index contributed by atoms with van der Waals surface area (Å²) in [5.41, 5.74) is 0. The molecular weight excluding hydrogens is 530 g/mol. The molecule has 3 heterocycles. The summed E-state index contributed by atoms with van der Waals surface area (Å²) >= 11 is 5.48. The van der Waals surface area contributed by atoms with Gasteiger partial charge in [-0.3, -0.25) is 14.4 Å². The van der Waals surface area contributed by atoms with Gasteiger partial charge in [0.05, 0.1) is 16.6 Å². The van der Waals surface area contributed by atoms with Crippen LogP contribution < -0.4 is 0 Å². The van der Waals surface area contributed by atoms with Crippen LogP contribution >= 0.6 is 27.7 Å². The molecule has 3 aliphatic heterocycles. The number of aliphatic hydroxyl groups is 1. The average molecular weight is 571 g/mol. The van der Waals surface area contributed by atoms with Gasteiger partial charge in [0, 0.05) is 49.4 Å². The van der Waals surface area contributed by atoms with Crippen molar-refractivity contribution in [2.24, 2.45) is 11.8 Å². The fourth-order valence-electron chi connectivity index (χ4n) is 6.22. The third-order valence-electron chi connectivity index (χ3n) is 7.74. The zero-order valence-electron chi connectivity index (χ0n) is 21.2. The average Bonchev–Trinajstić information content (AvgIpc) is 3.40. The number of nitrogens with zero attached hydrogens (tertiary/aromatic N) is 3. The van der Waals surface area contributed by atoms with Crippen LogP contribution in [0.4, 0.5) is 0 Å². The van der Waals surface area contributed by atoms with E-state index < -0.39 is 22.6 Å². The van der Waals surface area contributed by atoms with Crippen molar-refractivity contribution >= 4 is 45.4 Å². The summed E-state index contributed by atoms with van der Waals surface area (Å²) in [5, 5.41) is 9.28. The number of alkyl halides is 1. The fraction of sp³-hybridized carbons (Fsp3) is 0.731. The number of unbranched alkanes of at least 4 members (excludes halogenated alkanes) is 1. The summed E-state index contributed by atoms with van der Waals surface area (Å²) in [6.07, 6.45) is 7.09. The maximum absolute atomic E-state index is 14.3. The molecule has 3 aliphatic rings. The summed E-state index contributed by atoms with van der Waals surface area (Å²) in [6.45, 7) is 13.0. The fourth-order valence-corrected chi connectivity index (χ4v) is 9.82. The lowest BCUT2D eigenvalue weighted by Gasteiger charge is -2.40. The number of amides is 3. The summed E-state index contributed by atoms with van der Waals surface area (Å²) in [6, 6.07) is -0.606. The highest BCUT2D eigenvalue weighted by molar-refractivity contribution is 9.09. The van der Waals surface area contributed by atoms with Crippen LogP contribution in [0.25, 0.3) is 0 Å². The lowest BCUT2D eigenvalue weighted by Crippen LogP contribution is -2.57. The molecule has 3 amide bonds. The first-order valence-electron chi connectivity index (χ1n) is 12.7. The zero-order chi connectivity index (χ0) is 25.9. The molecule has 4 unspecified atom stereocenters. The van der Waals surface area contributed by atoms with Crippen molar-refractivity contribution in [3.8, 4) is 0 Å². The van der Waals surface area contributed by atoms with E-state index in [1.807, 2.05) is 4.90 Å². The first-order valence-corrected chi connectivity index (χ1v) is 14.5. The Bertz CT molecular complexity index is 841. The Labute approximate surface area is 222 Å². The molecule has 0 saturated carbocycles. The topological polar surface area (TPSA) is 81.2 Å². The van der Waals surface area contributed by atoms with Crippen molar-refractivity contribution in [3.63, 3.8) is 0 Å². The zero-order valence-corrected chi connectivity index (χ0v) is 23.6. The summed E-state index contributed by atoms with van der Waals surface area (Å²) in [4.78, 5) is 47.1. The van der Waals surface area contributed by atoms with Crippen LogP contribution in [0.2, 0.25) is 0 Å². The third kappa shape index (κ3) is 4.97. The van der Waals surface area contributed by atoms with Gasteiger partial charge < -0.3 is 19.8 Å². The standard InChI is InChI=1S/C26H40BrN3O4S/c1-6-11-17(4)29(13-8-3)25(34)22-26-16-18(27)21(35-26)19(23(32)28(5)12-7-2)20(26)24(33)30(22)14-9-10-15-31/h7-8,17-22,31H,2-3,6,9-16H2,1,4-5H3/t17?,18?,19-,20+,21-,22?,26?/m1/s1. The summed E-state index contributed by atoms with van der Waals surface area (Å²) in [5.74, 6) is -1.21. The summed E-state index contributed by atoms with van der Waals surface area (Å²) < 4.78 is -0.646. The molecule has 7 atom stereocenters. The molecule has 196 valence electrons. The van der Waals surface area contributed by atoms with Crippen molar-refractivity contribution in [1.29, 1.82) is 0 Å². The molecule has 0 radical (unpaired) electrons. The largest absolute Gasteiger partial charge is 0.396 e. The van der Waals surface area contributed by atoms with Crippen molar-refractivity contribution in [2.75, 3.05) is 33.3 Å². The SMILES string of the molecule is C=CCN(C)C(=O)[C@H]1[C@@H]2SC3(CC2Br)C(C(=O)N(CC=C)C(C)CCC)N(CCCCO)C(=O)[C@H]13. The second-order valence-corrected chi connectivity index (χ2v) is 12.8. The van der Waals surface area contributed by atoms with E-state index in [2.05, 4.69) is 42.9 Å². The van der Waals surface area contributed by atoms with E-state index in [-0.39, 0.29) is 40.4 Å². The van der Waals surface area contributed by atoms with Crippen molar-refractivity contribution in [2.45, 2.75) is 72.9 Å². The summed E-state index contributed by atoms with van der Waals surface area (Å²) in [7, 11) is 1.75. The van der Waals surface area contributed by atoms with E-state index in [0.29, 0.717) is 38.9 Å². The van der Waals surface area contributed by atoms with Gasteiger partial charge in [0.25, 0.3) is 0 Å². The number of hydrogen-bond donors (Lipinski definition) is 1. The second-order valence-electron chi connectivity index (χ2n) is 10.1. The first kappa shape index (κ1) is 28.3. The highest BCUT2D eigenvalue weighted by atomic mass is 79.9. The van der Waals surface area contributed by atoms with Gasteiger partial charge >= 0.3 is 0 Å². The molecule has 35 heavy (non-hydrogen) atoms. The molecule has 1 spiro atoms. The number of carbonyl (C=O) groups is 3. The monoisotopic (exact) mass is 569 g/mol. The molecule has 0 aromatic carbocycles. The quantitative estimate of drug-likeness (QED) is 0.209. The van der Waals surface area contributed by atoms with E-state index >= 15 is 0 Å². The number of thioether (sulfide) groups is 1. The minimum absolute atomic E-state index is 0.0230. The molecule has 7 nitrogen and oxygen atoms in total. The highest BCUT2D eigenvalue weighted by Gasteiger charge is 2.75. The molecule has 3 rings (SSSR count). The number of carbonyl (C=O) groups excluding carboxylic acids is 3. The Morgan fingerprint density at radius 2 is 1.97 bits per heavy atom. The van der Waals surface area contributed by atoms with Crippen LogP contribution in [-0.4, -0.2) is 97.7 Å². The van der Waals surface area contributed by atoms with Crippen LogP contribution in [0, 0.1) is 11.8 Å². The van der Waals surface area contributed by atoms with E-state index in [4.69, 9.17) is 0 Å². The van der Waals surface area contributed by atoms with Crippen LogP contribution in [-0.2, 0) is 14.4 Å². The Balaban J connectivity index is 2.05. The van der Waals surface area contributed by atoms with Crippen LogP contribution in [0.1, 0.15) is 46.0 Å². The highest BCUT2D eigenvalue weighted by Crippen LogP contribution is 2.68. The van der Waals surface area contributed by atoms with E-state index in [9.17, 15) is 19.5 Å². The third-order valence-corrected chi connectivity index (χ3v) is 11.0. The molecule has 3 fully saturated rings.